The minimum Gasteiger partial charge on any atom is -0.375 e. The van der Waals surface area contributed by atoms with Crippen molar-refractivity contribution in [3.8, 4) is 0 Å². The highest BCUT2D eigenvalue weighted by Gasteiger charge is 2.27. The fraction of sp³-hybridized carbons (Fsp3) is 0.857. The van der Waals surface area contributed by atoms with Crippen LogP contribution >= 0.6 is 11.3 Å². The zero-order chi connectivity index (χ0) is 15.2. The van der Waals surface area contributed by atoms with Crippen molar-refractivity contribution < 1.29 is 9.47 Å². The zero-order valence-corrected chi connectivity index (χ0v) is 14.0. The Bertz CT molecular complexity index is 405. The van der Waals surface area contributed by atoms with Crippen LogP contribution in [0.3, 0.4) is 0 Å². The van der Waals surface area contributed by atoms with E-state index in [2.05, 4.69) is 31.0 Å². The molecule has 5 nitrogen and oxygen atoms in total. The molecule has 20 heavy (non-hydrogen) atoms. The maximum Gasteiger partial charge on any atom is 0.203 e. The molecule has 0 aliphatic heterocycles. The van der Waals surface area contributed by atoms with Crippen LogP contribution in [0.1, 0.15) is 58.9 Å². The summed E-state index contributed by atoms with van der Waals surface area (Å²) in [6, 6.07) is 0. The first-order valence-corrected chi connectivity index (χ1v) is 7.96. The van der Waals surface area contributed by atoms with E-state index in [9.17, 15) is 0 Å². The molecule has 1 aromatic rings. The van der Waals surface area contributed by atoms with Gasteiger partial charge in [-0.25, -0.2) is 0 Å². The molecule has 0 amide bonds. The minimum atomic E-state index is -0.464. The summed E-state index contributed by atoms with van der Waals surface area (Å²) in [7, 11) is 0. The Labute approximate surface area is 125 Å². The van der Waals surface area contributed by atoms with E-state index in [1.165, 1.54) is 11.3 Å². The molecular formula is C14H27N3O2S. The van der Waals surface area contributed by atoms with Crippen LogP contribution < -0.4 is 5.73 Å². The Balaban J connectivity index is 2.39. The number of ether oxygens (including phenoxy) is 2. The van der Waals surface area contributed by atoms with Gasteiger partial charge in [-0.2, -0.15) is 0 Å². The summed E-state index contributed by atoms with van der Waals surface area (Å²) in [5, 5.41) is 9.16. The van der Waals surface area contributed by atoms with Crippen molar-refractivity contribution in [2.24, 2.45) is 0 Å². The van der Waals surface area contributed by atoms with Crippen LogP contribution in [-0.2, 0) is 15.1 Å². The fourth-order valence-corrected chi connectivity index (χ4v) is 2.32. The van der Waals surface area contributed by atoms with E-state index in [-0.39, 0.29) is 5.60 Å². The average molecular weight is 301 g/mol. The Morgan fingerprint density at radius 3 is 2.35 bits per heavy atom. The summed E-state index contributed by atoms with van der Waals surface area (Å²) in [6.07, 6.45) is 3.09. The van der Waals surface area contributed by atoms with Gasteiger partial charge in [0.25, 0.3) is 0 Å². The van der Waals surface area contributed by atoms with Gasteiger partial charge < -0.3 is 15.2 Å². The molecule has 6 heteroatoms. The maximum absolute atomic E-state index is 5.94. The van der Waals surface area contributed by atoms with Crippen LogP contribution in [0.5, 0.6) is 0 Å². The molecule has 2 N–H and O–H groups in total. The number of rotatable bonds is 9. The summed E-state index contributed by atoms with van der Waals surface area (Å²) in [5.41, 5.74) is 4.99. The molecule has 0 unspecified atom stereocenters. The molecule has 0 radical (unpaired) electrons. The van der Waals surface area contributed by atoms with Crippen LogP contribution in [0, 0.1) is 0 Å². The van der Waals surface area contributed by atoms with Crippen LogP contribution in [0.4, 0.5) is 5.13 Å². The second kappa shape index (κ2) is 7.33. The first kappa shape index (κ1) is 17.3. The largest absolute Gasteiger partial charge is 0.375 e. The molecule has 1 rings (SSSR count). The van der Waals surface area contributed by atoms with E-state index in [0.29, 0.717) is 11.7 Å². The highest BCUT2D eigenvalue weighted by Crippen LogP contribution is 2.29. The van der Waals surface area contributed by atoms with Gasteiger partial charge in [-0.3, -0.25) is 0 Å². The molecule has 0 aromatic carbocycles. The first-order valence-electron chi connectivity index (χ1n) is 7.14. The lowest BCUT2D eigenvalue weighted by molar-refractivity contribution is -0.0750. The second-order valence-corrected chi connectivity index (χ2v) is 7.03. The standard InChI is InChI=1S/C14H27N3O2S/c1-6-7-9-18-13(2,3)8-10-19-14(4,5)11-16-17-12(15)20-11/h6-10H2,1-5H3,(H2,15,17). The number of nitrogens with zero attached hydrogens (tertiary/aromatic N) is 2. The van der Waals surface area contributed by atoms with Crippen molar-refractivity contribution in [1.29, 1.82) is 0 Å². The third kappa shape index (κ3) is 5.73. The fourth-order valence-electron chi connectivity index (χ4n) is 1.66. The number of aromatic nitrogens is 2. The molecule has 1 heterocycles. The maximum atomic E-state index is 5.94. The molecular weight excluding hydrogens is 274 g/mol. The van der Waals surface area contributed by atoms with E-state index >= 15 is 0 Å². The van der Waals surface area contributed by atoms with E-state index < -0.39 is 5.60 Å². The summed E-state index contributed by atoms with van der Waals surface area (Å²) in [5.74, 6) is 0. The Kier molecular flexibility index (Phi) is 6.36. The molecule has 0 fully saturated rings. The summed E-state index contributed by atoms with van der Waals surface area (Å²) < 4.78 is 11.8. The lowest BCUT2D eigenvalue weighted by Gasteiger charge is -2.28. The highest BCUT2D eigenvalue weighted by atomic mass is 32.1. The van der Waals surface area contributed by atoms with Crippen molar-refractivity contribution in [3.63, 3.8) is 0 Å². The van der Waals surface area contributed by atoms with Gasteiger partial charge in [-0.1, -0.05) is 24.7 Å². The molecule has 0 aliphatic rings. The van der Waals surface area contributed by atoms with Gasteiger partial charge in [0, 0.05) is 6.61 Å². The van der Waals surface area contributed by atoms with Gasteiger partial charge >= 0.3 is 0 Å². The molecule has 0 saturated heterocycles. The highest BCUT2D eigenvalue weighted by molar-refractivity contribution is 7.15. The number of hydrogen-bond acceptors (Lipinski definition) is 6. The predicted molar refractivity (Wildman–Crippen MR) is 82.9 cm³/mol. The van der Waals surface area contributed by atoms with E-state index in [1.54, 1.807) is 0 Å². The molecule has 0 saturated carbocycles. The molecule has 1 aromatic heterocycles. The van der Waals surface area contributed by atoms with Crippen LogP contribution in [-0.4, -0.2) is 29.0 Å². The van der Waals surface area contributed by atoms with E-state index in [1.807, 2.05) is 13.8 Å². The molecule has 116 valence electrons. The van der Waals surface area contributed by atoms with Crippen molar-refractivity contribution in [1.82, 2.24) is 10.2 Å². The first-order chi connectivity index (χ1) is 9.27. The number of anilines is 1. The minimum absolute atomic E-state index is 0.161. The third-order valence-electron chi connectivity index (χ3n) is 3.11. The van der Waals surface area contributed by atoms with Crippen LogP contribution in [0.15, 0.2) is 0 Å². The quantitative estimate of drug-likeness (QED) is 0.708. The average Bonchev–Trinajstić information content (AvgIpc) is 2.76. The molecule has 0 bridgehead atoms. The van der Waals surface area contributed by atoms with Crippen molar-refractivity contribution in [2.45, 2.75) is 65.1 Å². The Morgan fingerprint density at radius 2 is 1.80 bits per heavy atom. The smallest absolute Gasteiger partial charge is 0.203 e. The summed E-state index contributed by atoms with van der Waals surface area (Å²) in [6.45, 7) is 11.8. The van der Waals surface area contributed by atoms with Gasteiger partial charge in [0.2, 0.25) is 5.13 Å². The van der Waals surface area contributed by atoms with Gasteiger partial charge in [0.1, 0.15) is 5.60 Å². The molecule has 0 atom stereocenters. The summed E-state index contributed by atoms with van der Waals surface area (Å²) >= 11 is 1.37. The Morgan fingerprint density at radius 1 is 1.10 bits per heavy atom. The lowest BCUT2D eigenvalue weighted by atomic mass is 10.1. The van der Waals surface area contributed by atoms with Gasteiger partial charge in [-0.15, -0.1) is 10.2 Å². The van der Waals surface area contributed by atoms with Crippen molar-refractivity contribution >= 4 is 16.5 Å². The van der Waals surface area contributed by atoms with E-state index in [0.717, 1.165) is 30.9 Å². The van der Waals surface area contributed by atoms with Crippen molar-refractivity contribution in [3.05, 3.63) is 5.01 Å². The monoisotopic (exact) mass is 301 g/mol. The SMILES string of the molecule is CCCCOC(C)(C)CCOC(C)(C)c1nnc(N)s1. The van der Waals surface area contributed by atoms with Gasteiger partial charge in [-0.05, 0) is 40.5 Å². The lowest BCUT2D eigenvalue weighted by Crippen LogP contribution is -2.30. The van der Waals surface area contributed by atoms with Gasteiger partial charge in [0.05, 0.1) is 12.2 Å². The number of nitrogen functional groups attached to an aromatic ring is 1. The zero-order valence-electron chi connectivity index (χ0n) is 13.2. The third-order valence-corrected chi connectivity index (χ3v) is 4.17. The second-order valence-electron chi connectivity index (χ2n) is 6.02. The van der Waals surface area contributed by atoms with Crippen LogP contribution in [0.2, 0.25) is 0 Å². The van der Waals surface area contributed by atoms with Crippen molar-refractivity contribution in [2.75, 3.05) is 18.9 Å². The Hall–Kier alpha value is -0.720. The summed E-state index contributed by atoms with van der Waals surface area (Å²) in [4.78, 5) is 0. The number of hydrogen-bond donors (Lipinski definition) is 1. The topological polar surface area (TPSA) is 70.3 Å². The van der Waals surface area contributed by atoms with Gasteiger partial charge in [0.15, 0.2) is 5.01 Å². The number of unbranched alkanes of at least 4 members (excludes halogenated alkanes) is 1. The molecule has 0 spiro atoms. The number of nitrogens with two attached hydrogens (primary N) is 1. The predicted octanol–water partition coefficient (Wildman–Crippen LogP) is 3.36. The van der Waals surface area contributed by atoms with Crippen LogP contribution in [0.25, 0.3) is 0 Å². The normalized spacial score (nSPS) is 12.8. The molecule has 0 aliphatic carbocycles. The van der Waals surface area contributed by atoms with E-state index in [4.69, 9.17) is 15.2 Å².